The van der Waals surface area contributed by atoms with Crippen molar-refractivity contribution in [2.24, 2.45) is 10.2 Å². The Hall–Kier alpha value is -3.59. The third-order valence-corrected chi connectivity index (χ3v) is 3.70. The zero-order valence-electron chi connectivity index (χ0n) is 14.2. The van der Waals surface area contributed by atoms with Crippen molar-refractivity contribution in [3.63, 3.8) is 0 Å². The number of benzene rings is 3. The first kappa shape index (κ1) is 17.2. The van der Waals surface area contributed by atoms with E-state index in [1.54, 1.807) is 24.4 Å². The van der Waals surface area contributed by atoms with Gasteiger partial charge in [0.25, 0.3) is 0 Å². The van der Waals surface area contributed by atoms with Gasteiger partial charge >= 0.3 is 0 Å². The van der Waals surface area contributed by atoms with Crippen LogP contribution in [0.3, 0.4) is 0 Å². The predicted molar refractivity (Wildman–Crippen MR) is 108 cm³/mol. The maximum Gasteiger partial charge on any atom is 0.213 e. The Morgan fingerprint density at radius 2 is 1.23 bits per heavy atom. The molecule has 0 aliphatic heterocycles. The van der Waals surface area contributed by atoms with Gasteiger partial charge in [-0.3, -0.25) is 4.79 Å². The van der Waals surface area contributed by atoms with Crippen LogP contribution in [0.15, 0.2) is 107 Å². The molecule has 0 unspecified atom stereocenters. The molecule has 0 bridgehead atoms. The molecule has 0 heterocycles. The summed E-state index contributed by atoms with van der Waals surface area (Å²) >= 11 is 0. The molecule has 0 atom stereocenters. The summed E-state index contributed by atoms with van der Waals surface area (Å²) < 4.78 is 0. The zero-order chi connectivity index (χ0) is 18.0. The first-order valence-corrected chi connectivity index (χ1v) is 8.32. The van der Waals surface area contributed by atoms with Gasteiger partial charge in [0.2, 0.25) is 5.78 Å². The summed E-state index contributed by atoms with van der Waals surface area (Å²) in [7, 11) is 0. The van der Waals surface area contributed by atoms with Crippen molar-refractivity contribution in [2.75, 3.05) is 0 Å². The second kappa shape index (κ2) is 9.04. The minimum atomic E-state index is -0.152. The molecule has 0 saturated carbocycles. The van der Waals surface area contributed by atoms with Crippen molar-refractivity contribution in [3.8, 4) is 0 Å². The van der Waals surface area contributed by atoms with Crippen LogP contribution in [0.1, 0.15) is 21.5 Å². The molecule has 26 heavy (non-hydrogen) atoms. The van der Waals surface area contributed by atoms with Crippen LogP contribution in [0.25, 0.3) is 6.08 Å². The van der Waals surface area contributed by atoms with Crippen LogP contribution in [0.4, 0.5) is 0 Å². The lowest BCUT2D eigenvalue weighted by Crippen LogP contribution is -2.15. The number of rotatable bonds is 6. The molecule has 0 spiro atoms. The van der Waals surface area contributed by atoms with Crippen molar-refractivity contribution >= 4 is 23.8 Å². The lowest BCUT2D eigenvalue weighted by molar-refractivity contribution is 0.106. The fourth-order valence-electron chi connectivity index (χ4n) is 2.40. The van der Waals surface area contributed by atoms with Gasteiger partial charge in [0, 0.05) is 17.3 Å². The summed E-state index contributed by atoms with van der Waals surface area (Å²) in [6, 6.07) is 28.4. The molecule has 0 saturated heterocycles. The molecule has 126 valence electrons. The number of nitrogens with zero attached hydrogens (tertiary/aromatic N) is 2. The van der Waals surface area contributed by atoms with Crippen molar-refractivity contribution < 1.29 is 4.79 Å². The number of carbonyl (C=O) groups excluding carboxylic acids is 1. The lowest BCUT2D eigenvalue weighted by atomic mass is 10.0. The van der Waals surface area contributed by atoms with E-state index in [1.807, 2.05) is 84.9 Å². The van der Waals surface area contributed by atoms with E-state index in [4.69, 9.17) is 0 Å². The average molecular weight is 338 g/mol. The van der Waals surface area contributed by atoms with Gasteiger partial charge in [-0.05, 0) is 11.6 Å². The highest BCUT2D eigenvalue weighted by Gasteiger charge is 2.15. The van der Waals surface area contributed by atoms with Gasteiger partial charge in [0.05, 0.1) is 0 Å². The fraction of sp³-hybridized carbons (Fsp3) is 0. The minimum Gasteiger partial charge on any atom is -0.287 e. The maximum absolute atomic E-state index is 12.8. The van der Waals surface area contributed by atoms with Crippen molar-refractivity contribution in [2.45, 2.75) is 0 Å². The number of carbonyl (C=O) groups is 1. The third-order valence-electron chi connectivity index (χ3n) is 3.70. The number of ketones is 1. The summed E-state index contributed by atoms with van der Waals surface area (Å²) in [5.41, 5.74) is 2.73. The molecule has 3 aromatic rings. The van der Waals surface area contributed by atoms with Crippen LogP contribution >= 0.6 is 0 Å². The first-order valence-electron chi connectivity index (χ1n) is 8.32. The second-order valence-electron chi connectivity index (χ2n) is 5.54. The summed E-state index contributed by atoms with van der Waals surface area (Å²) in [6.45, 7) is 0. The molecule has 0 radical (unpaired) electrons. The highest BCUT2D eigenvalue weighted by atomic mass is 16.1. The Balaban J connectivity index is 1.84. The van der Waals surface area contributed by atoms with Crippen LogP contribution in [0, 0.1) is 0 Å². The molecule has 3 aromatic carbocycles. The van der Waals surface area contributed by atoms with Crippen LogP contribution in [-0.4, -0.2) is 17.7 Å². The summed E-state index contributed by atoms with van der Waals surface area (Å²) in [6.07, 6.45) is 5.31. The normalized spacial score (nSPS) is 11.9. The molecule has 3 rings (SSSR count). The van der Waals surface area contributed by atoms with Crippen molar-refractivity contribution in [1.29, 1.82) is 0 Å². The standard InChI is InChI=1S/C23H18N2O/c26-23(21-16-8-3-9-17-21)22(20-14-6-2-7-15-20)25-24-18-10-13-19-11-4-1-5-12-19/h1-18H. The van der Waals surface area contributed by atoms with Crippen LogP contribution in [0.2, 0.25) is 0 Å². The molecule has 0 amide bonds. The smallest absolute Gasteiger partial charge is 0.213 e. The molecule has 3 heteroatoms. The SMILES string of the molecule is O=C(C(=NN=CC=Cc1ccccc1)c1ccccc1)c1ccccc1. The Labute approximate surface area is 153 Å². The molecule has 0 N–H and O–H groups in total. The summed E-state index contributed by atoms with van der Waals surface area (Å²) in [5.74, 6) is -0.152. The second-order valence-corrected chi connectivity index (χ2v) is 5.54. The van der Waals surface area contributed by atoms with E-state index >= 15 is 0 Å². The molecule has 0 fully saturated rings. The predicted octanol–water partition coefficient (Wildman–Crippen LogP) is 5.06. The molecule has 0 aromatic heterocycles. The Kier molecular flexibility index (Phi) is 5.99. The van der Waals surface area contributed by atoms with Crippen LogP contribution in [0.5, 0.6) is 0 Å². The summed E-state index contributed by atoms with van der Waals surface area (Å²) in [4.78, 5) is 12.8. The highest BCUT2D eigenvalue weighted by Crippen LogP contribution is 2.09. The Bertz CT molecular complexity index is 928. The van der Waals surface area contributed by atoms with E-state index in [1.165, 1.54) is 0 Å². The number of allylic oxidation sites excluding steroid dienone is 1. The van der Waals surface area contributed by atoms with Crippen molar-refractivity contribution in [3.05, 3.63) is 114 Å². The van der Waals surface area contributed by atoms with E-state index in [0.717, 1.165) is 11.1 Å². The molecular weight excluding hydrogens is 320 g/mol. The highest BCUT2D eigenvalue weighted by molar-refractivity contribution is 6.51. The maximum atomic E-state index is 12.8. The Morgan fingerprint density at radius 1 is 0.692 bits per heavy atom. The van der Waals surface area contributed by atoms with Crippen LogP contribution in [-0.2, 0) is 0 Å². The van der Waals surface area contributed by atoms with E-state index < -0.39 is 0 Å². The van der Waals surface area contributed by atoms with Gasteiger partial charge in [-0.2, -0.15) is 5.10 Å². The van der Waals surface area contributed by atoms with E-state index in [9.17, 15) is 4.79 Å². The quantitative estimate of drug-likeness (QED) is 0.352. The van der Waals surface area contributed by atoms with Gasteiger partial charge in [-0.15, -0.1) is 5.10 Å². The van der Waals surface area contributed by atoms with Crippen molar-refractivity contribution in [1.82, 2.24) is 0 Å². The van der Waals surface area contributed by atoms with Gasteiger partial charge in [0.15, 0.2) is 0 Å². The molecule has 3 nitrogen and oxygen atoms in total. The van der Waals surface area contributed by atoms with Gasteiger partial charge in [0.1, 0.15) is 5.71 Å². The number of hydrogen-bond donors (Lipinski definition) is 0. The fourth-order valence-corrected chi connectivity index (χ4v) is 2.40. The third kappa shape index (κ3) is 4.71. The largest absolute Gasteiger partial charge is 0.287 e. The van der Waals surface area contributed by atoms with Gasteiger partial charge in [-0.25, -0.2) is 0 Å². The summed E-state index contributed by atoms with van der Waals surface area (Å²) in [5, 5.41) is 8.25. The zero-order valence-corrected chi connectivity index (χ0v) is 14.2. The first-order chi connectivity index (χ1) is 12.8. The number of Topliss-reactive ketones (excluding diaryl/α,β-unsaturated/α-hetero) is 1. The van der Waals surface area contributed by atoms with Gasteiger partial charge < -0.3 is 0 Å². The van der Waals surface area contributed by atoms with Crippen LogP contribution < -0.4 is 0 Å². The molecule has 0 aliphatic rings. The van der Waals surface area contributed by atoms with E-state index in [0.29, 0.717) is 11.3 Å². The average Bonchev–Trinajstić information content (AvgIpc) is 2.72. The minimum absolute atomic E-state index is 0.152. The van der Waals surface area contributed by atoms with Gasteiger partial charge in [-0.1, -0.05) is 97.1 Å². The Morgan fingerprint density at radius 3 is 1.85 bits per heavy atom. The van der Waals surface area contributed by atoms with E-state index in [2.05, 4.69) is 10.2 Å². The topological polar surface area (TPSA) is 41.8 Å². The molecular formula is C23H18N2O. The lowest BCUT2D eigenvalue weighted by Gasteiger charge is -2.04. The molecule has 0 aliphatic carbocycles. The van der Waals surface area contributed by atoms with E-state index in [-0.39, 0.29) is 5.78 Å². The monoisotopic (exact) mass is 338 g/mol. The number of hydrogen-bond acceptors (Lipinski definition) is 3.